The zero-order chi connectivity index (χ0) is 23.1. The number of nitrogens with zero attached hydrogens (tertiary/aromatic N) is 4. The fraction of sp³-hybridized carbons (Fsp3) is 0.346. The summed E-state index contributed by atoms with van der Waals surface area (Å²) in [6, 6.07) is 10.9. The van der Waals surface area contributed by atoms with Gasteiger partial charge in [0.1, 0.15) is 11.4 Å². The molecule has 1 aliphatic rings. The normalized spacial score (nSPS) is 14.8. The van der Waals surface area contributed by atoms with Gasteiger partial charge in [0.2, 0.25) is 11.3 Å². The Morgan fingerprint density at radius 1 is 1.15 bits per heavy atom. The number of piperidine rings is 1. The largest absolute Gasteiger partial charge is 0.369 e. The van der Waals surface area contributed by atoms with Crippen molar-refractivity contribution in [2.24, 2.45) is 5.92 Å². The summed E-state index contributed by atoms with van der Waals surface area (Å²) in [5.74, 6) is 0.837. The Morgan fingerprint density at radius 2 is 1.91 bits per heavy atom. The van der Waals surface area contributed by atoms with E-state index >= 15 is 4.39 Å². The smallest absolute Gasteiger partial charge is 0.263 e. The van der Waals surface area contributed by atoms with Crippen molar-refractivity contribution < 1.29 is 8.91 Å². The highest BCUT2D eigenvalue weighted by atomic mass is 19.1. The summed E-state index contributed by atoms with van der Waals surface area (Å²) in [6.07, 6.45) is 3.81. The van der Waals surface area contributed by atoms with E-state index in [0.29, 0.717) is 34.9 Å². The monoisotopic (exact) mass is 446 g/mol. The minimum absolute atomic E-state index is 0.136. The van der Waals surface area contributed by atoms with Gasteiger partial charge in [0, 0.05) is 36.8 Å². The van der Waals surface area contributed by atoms with Gasteiger partial charge < -0.3 is 14.0 Å². The van der Waals surface area contributed by atoms with Crippen LogP contribution >= 0.6 is 0 Å². The lowest BCUT2D eigenvalue weighted by Gasteiger charge is -2.32. The van der Waals surface area contributed by atoms with Gasteiger partial charge in [-0.2, -0.15) is 4.98 Å². The molecule has 7 heteroatoms. The number of benzene rings is 2. The van der Waals surface area contributed by atoms with Crippen LogP contribution in [-0.2, 0) is 6.54 Å². The van der Waals surface area contributed by atoms with E-state index in [1.807, 2.05) is 48.7 Å². The minimum Gasteiger partial charge on any atom is -0.369 e. The number of aryl methyl sites for hydroxylation is 2. The lowest BCUT2D eigenvalue weighted by molar-refractivity contribution is 0.431. The summed E-state index contributed by atoms with van der Waals surface area (Å²) in [5, 5.41) is 4.40. The number of hydrogen-bond acceptors (Lipinski definition) is 5. The highest BCUT2D eigenvalue weighted by Gasteiger charge is 2.22. The van der Waals surface area contributed by atoms with Gasteiger partial charge in [-0.3, -0.25) is 4.79 Å². The Morgan fingerprint density at radius 3 is 2.64 bits per heavy atom. The van der Waals surface area contributed by atoms with Crippen molar-refractivity contribution in [2.45, 2.75) is 40.2 Å². The van der Waals surface area contributed by atoms with Crippen LogP contribution in [0.1, 0.15) is 32.3 Å². The second-order valence-electron chi connectivity index (χ2n) is 8.89. The summed E-state index contributed by atoms with van der Waals surface area (Å²) in [7, 11) is 0. The SMILES string of the molecule is CCn1cc(-c2nc(-c3ccccc3C)no2)c(=O)c2cc(F)c(N3CCC(C)CC3)cc21. The van der Waals surface area contributed by atoms with Crippen molar-refractivity contribution in [3.63, 3.8) is 0 Å². The maximum atomic E-state index is 15.2. The molecule has 0 bridgehead atoms. The summed E-state index contributed by atoms with van der Waals surface area (Å²) >= 11 is 0. The van der Waals surface area contributed by atoms with Crippen LogP contribution in [0.5, 0.6) is 0 Å². The second-order valence-corrected chi connectivity index (χ2v) is 8.89. The zero-order valence-corrected chi connectivity index (χ0v) is 19.1. The molecule has 0 saturated carbocycles. The van der Waals surface area contributed by atoms with Gasteiger partial charge in [-0.1, -0.05) is 36.3 Å². The van der Waals surface area contributed by atoms with E-state index in [-0.39, 0.29) is 22.7 Å². The predicted molar refractivity (Wildman–Crippen MR) is 128 cm³/mol. The number of rotatable bonds is 4. The number of hydrogen-bond donors (Lipinski definition) is 0. The van der Waals surface area contributed by atoms with Crippen molar-refractivity contribution in [1.82, 2.24) is 14.7 Å². The maximum absolute atomic E-state index is 15.2. The first-order chi connectivity index (χ1) is 16.0. The molecule has 0 atom stereocenters. The van der Waals surface area contributed by atoms with Gasteiger partial charge in [-0.05, 0) is 50.3 Å². The zero-order valence-electron chi connectivity index (χ0n) is 19.1. The van der Waals surface area contributed by atoms with E-state index < -0.39 is 0 Å². The molecule has 0 amide bonds. The molecule has 1 saturated heterocycles. The number of pyridine rings is 1. The van der Waals surface area contributed by atoms with Gasteiger partial charge >= 0.3 is 0 Å². The molecular formula is C26H27FN4O2. The third-order valence-corrected chi connectivity index (χ3v) is 6.66. The third kappa shape index (κ3) is 3.81. The van der Waals surface area contributed by atoms with Crippen LogP contribution in [0.2, 0.25) is 0 Å². The van der Waals surface area contributed by atoms with Crippen LogP contribution in [-0.4, -0.2) is 27.8 Å². The molecule has 6 nitrogen and oxygen atoms in total. The van der Waals surface area contributed by atoms with Crippen molar-refractivity contribution in [1.29, 1.82) is 0 Å². The topological polar surface area (TPSA) is 64.2 Å². The molecule has 5 rings (SSSR count). The Hall–Kier alpha value is -3.48. The fourth-order valence-corrected chi connectivity index (χ4v) is 4.57. The van der Waals surface area contributed by atoms with E-state index in [4.69, 9.17) is 4.52 Å². The number of fused-ring (bicyclic) bond motifs is 1. The van der Waals surface area contributed by atoms with Gasteiger partial charge in [0.15, 0.2) is 0 Å². The lowest BCUT2D eigenvalue weighted by Crippen LogP contribution is -2.33. The van der Waals surface area contributed by atoms with Crippen molar-refractivity contribution in [2.75, 3.05) is 18.0 Å². The molecule has 3 heterocycles. The summed E-state index contributed by atoms with van der Waals surface area (Å²) < 4.78 is 22.6. The standard InChI is InChI=1S/C26H27FN4O2/c1-4-30-15-20(26-28-25(29-33-26)18-8-6-5-7-17(18)3)24(32)19-13-21(27)23(14-22(19)30)31-11-9-16(2)10-12-31/h5-8,13-16H,4,9-12H2,1-3H3. The first-order valence-electron chi connectivity index (χ1n) is 11.5. The average Bonchev–Trinajstić information content (AvgIpc) is 3.30. The van der Waals surface area contributed by atoms with Crippen LogP contribution in [0.3, 0.4) is 0 Å². The third-order valence-electron chi connectivity index (χ3n) is 6.66. The van der Waals surface area contributed by atoms with Crippen molar-refractivity contribution >= 4 is 16.6 Å². The molecular weight excluding hydrogens is 419 g/mol. The van der Waals surface area contributed by atoms with Crippen LogP contribution in [0.15, 0.2) is 51.9 Å². The van der Waals surface area contributed by atoms with Gasteiger partial charge in [0.25, 0.3) is 5.89 Å². The maximum Gasteiger partial charge on any atom is 0.263 e. The first kappa shape index (κ1) is 21.4. The summed E-state index contributed by atoms with van der Waals surface area (Å²) in [6.45, 7) is 8.45. The van der Waals surface area contributed by atoms with Gasteiger partial charge in [-0.25, -0.2) is 4.39 Å². The van der Waals surface area contributed by atoms with Crippen LogP contribution in [0.4, 0.5) is 10.1 Å². The van der Waals surface area contributed by atoms with E-state index in [2.05, 4.69) is 22.0 Å². The van der Waals surface area contributed by atoms with E-state index in [1.165, 1.54) is 6.07 Å². The first-order valence-corrected chi connectivity index (χ1v) is 11.5. The van der Waals surface area contributed by atoms with E-state index in [1.54, 1.807) is 6.20 Å². The van der Waals surface area contributed by atoms with Gasteiger partial charge in [0.05, 0.1) is 11.2 Å². The summed E-state index contributed by atoms with van der Waals surface area (Å²) in [4.78, 5) is 19.9. The molecule has 170 valence electrons. The number of anilines is 1. The Balaban J connectivity index is 1.61. The minimum atomic E-state index is -0.375. The Labute approximate surface area is 191 Å². The molecule has 2 aromatic heterocycles. The molecule has 0 spiro atoms. The molecule has 33 heavy (non-hydrogen) atoms. The number of halogens is 1. The highest BCUT2D eigenvalue weighted by molar-refractivity contribution is 5.86. The molecule has 0 radical (unpaired) electrons. The molecule has 1 fully saturated rings. The van der Waals surface area contributed by atoms with Crippen LogP contribution in [0, 0.1) is 18.7 Å². The summed E-state index contributed by atoms with van der Waals surface area (Å²) in [5.41, 5.74) is 3.08. The highest BCUT2D eigenvalue weighted by Crippen LogP contribution is 2.30. The van der Waals surface area contributed by atoms with Crippen LogP contribution < -0.4 is 10.3 Å². The van der Waals surface area contributed by atoms with E-state index in [9.17, 15) is 4.79 Å². The van der Waals surface area contributed by atoms with Crippen molar-refractivity contribution in [3.05, 3.63) is 64.2 Å². The van der Waals surface area contributed by atoms with Crippen LogP contribution in [0.25, 0.3) is 33.7 Å². The molecule has 2 aromatic carbocycles. The molecule has 0 aliphatic carbocycles. The molecule has 1 aliphatic heterocycles. The molecule has 0 N–H and O–H groups in total. The fourth-order valence-electron chi connectivity index (χ4n) is 4.57. The Bertz CT molecular complexity index is 1380. The Kier molecular flexibility index (Phi) is 5.48. The lowest BCUT2D eigenvalue weighted by atomic mass is 9.98. The van der Waals surface area contributed by atoms with Crippen molar-refractivity contribution in [3.8, 4) is 22.8 Å². The average molecular weight is 447 g/mol. The van der Waals surface area contributed by atoms with E-state index in [0.717, 1.165) is 37.1 Å². The van der Waals surface area contributed by atoms with Gasteiger partial charge in [-0.15, -0.1) is 0 Å². The quantitative estimate of drug-likeness (QED) is 0.419. The number of aromatic nitrogens is 3. The predicted octanol–water partition coefficient (Wildman–Crippen LogP) is 5.42. The molecule has 0 unspecified atom stereocenters. The second kappa shape index (κ2) is 8.46. The molecule has 4 aromatic rings.